The second kappa shape index (κ2) is 7.87. The zero-order chi connectivity index (χ0) is 18.8. The normalized spacial score (nSPS) is 20.5. The number of hydrogen-bond donors (Lipinski definition) is 0. The van der Waals surface area contributed by atoms with Crippen LogP contribution in [0.1, 0.15) is 32.8 Å². The number of benzene rings is 1. The van der Waals surface area contributed by atoms with Crippen molar-refractivity contribution in [2.75, 3.05) is 13.7 Å². The number of amides is 1. The number of carbonyl (C=O) groups is 2. The van der Waals surface area contributed by atoms with Crippen LogP contribution in [0.2, 0.25) is 5.02 Å². The van der Waals surface area contributed by atoms with Crippen molar-refractivity contribution in [1.29, 1.82) is 0 Å². The van der Waals surface area contributed by atoms with E-state index in [-0.39, 0.29) is 5.25 Å². The third-order valence-electron chi connectivity index (χ3n) is 3.74. The molecular formula is C18H24ClNO4S. The lowest BCUT2D eigenvalue weighted by Crippen LogP contribution is -2.43. The van der Waals surface area contributed by atoms with Gasteiger partial charge in [0, 0.05) is 16.7 Å². The molecule has 138 valence electrons. The summed E-state index contributed by atoms with van der Waals surface area (Å²) in [6.07, 6.45) is 0.00171. The summed E-state index contributed by atoms with van der Waals surface area (Å²) in [6.45, 7) is 7.78. The van der Waals surface area contributed by atoms with Crippen molar-refractivity contribution in [2.24, 2.45) is 0 Å². The summed E-state index contributed by atoms with van der Waals surface area (Å²) >= 11 is 7.87. The van der Waals surface area contributed by atoms with E-state index in [1.165, 1.54) is 12.0 Å². The number of thioether (sulfide) groups is 1. The first-order valence-corrected chi connectivity index (χ1v) is 9.36. The minimum Gasteiger partial charge on any atom is -0.467 e. The van der Waals surface area contributed by atoms with Gasteiger partial charge in [0.1, 0.15) is 11.6 Å². The minimum absolute atomic E-state index is 0.0387. The zero-order valence-corrected chi connectivity index (χ0v) is 16.7. The second-order valence-electron chi connectivity index (χ2n) is 7.08. The first-order valence-electron chi connectivity index (χ1n) is 8.11. The largest absolute Gasteiger partial charge is 0.467 e. The van der Waals surface area contributed by atoms with Gasteiger partial charge in [0.15, 0.2) is 0 Å². The van der Waals surface area contributed by atoms with Crippen molar-refractivity contribution >= 4 is 35.4 Å². The molecule has 0 aliphatic carbocycles. The molecule has 0 radical (unpaired) electrons. The first kappa shape index (κ1) is 19.9. The molecule has 0 N–H and O–H groups in total. The lowest BCUT2D eigenvalue weighted by atomic mass is 10.2. The monoisotopic (exact) mass is 385 g/mol. The molecule has 1 saturated heterocycles. The van der Waals surface area contributed by atoms with E-state index in [1.54, 1.807) is 32.5 Å². The average Bonchev–Trinajstić information content (AvgIpc) is 2.92. The van der Waals surface area contributed by atoms with Crippen molar-refractivity contribution < 1.29 is 19.1 Å². The van der Waals surface area contributed by atoms with Crippen molar-refractivity contribution in [3.63, 3.8) is 0 Å². The number of carbonyl (C=O) groups excluding carboxylic acids is 2. The fourth-order valence-electron chi connectivity index (χ4n) is 2.65. The van der Waals surface area contributed by atoms with Gasteiger partial charge in [-0.2, -0.15) is 0 Å². The zero-order valence-electron chi connectivity index (χ0n) is 15.2. The van der Waals surface area contributed by atoms with E-state index in [0.717, 1.165) is 10.5 Å². The Bertz CT molecular complexity index is 659. The van der Waals surface area contributed by atoms with Gasteiger partial charge in [-0.15, -0.1) is 11.8 Å². The SMILES string of the molecule is COC(=O)[C@@H]1C[C@@H](Sc2ccc(C)cc2Cl)CN1C(=O)OC(C)(C)C. The lowest BCUT2D eigenvalue weighted by Gasteiger charge is -2.27. The van der Waals surface area contributed by atoms with Crippen molar-refractivity contribution in [1.82, 2.24) is 4.90 Å². The van der Waals surface area contributed by atoms with Crippen molar-refractivity contribution in [3.05, 3.63) is 28.8 Å². The number of esters is 1. The van der Waals surface area contributed by atoms with Crippen molar-refractivity contribution in [2.45, 2.75) is 55.9 Å². The van der Waals surface area contributed by atoms with Gasteiger partial charge in [-0.3, -0.25) is 4.90 Å². The van der Waals surface area contributed by atoms with Gasteiger partial charge in [-0.25, -0.2) is 9.59 Å². The molecule has 1 aliphatic rings. The maximum atomic E-state index is 12.5. The highest BCUT2D eigenvalue weighted by Crippen LogP contribution is 2.37. The van der Waals surface area contributed by atoms with Crippen LogP contribution in [0.15, 0.2) is 23.1 Å². The third-order valence-corrected chi connectivity index (χ3v) is 5.45. The van der Waals surface area contributed by atoms with E-state index in [0.29, 0.717) is 18.0 Å². The maximum absolute atomic E-state index is 12.5. The summed E-state index contributed by atoms with van der Waals surface area (Å²) in [4.78, 5) is 27.0. The van der Waals surface area contributed by atoms with Gasteiger partial charge in [-0.1, -0.05) is 17.7 Å². The molecule has 1 aliphatic heterocycles. The van der Waals surface area contributed by atoms with Crippen LogP contribution in [-0.2, 0) is 14.3 Å². The molecule has 25 heavy (non-hydrogen) atoms. The highest BCUT2D eigenvalue weighted by atomic mass is 35.5. The van der Waals surface area contributed by atoms with E-state index in [9.17, 15) is 9.59 Å². The Balaban J connectivity index is 2.14. The Morgan fingerprint density at radius 1 is 1.32 bits per heavy atom. The molecule has 2 rings (SSSR count). The van der Waals surface area contributed by atoms with Crippen molar-refractivity contribution in [3.8, 4) is 0 Å². The molecule has 1 fully saturated rings. The highest BCUT2D eigenvalue weighted by Gasteiger charge is 2.42. The molecule has 0 saturated carbocycles. The van der Waals surface area contributed by atoms with E-state index in [2.05, 4.69) is 0 Å². The molecule has 1 aromatic rings. The number of rotatable bonds is 3. The fourth-order valence-corrected chi connectivity index (χ4v) is 4.21. The predicted octanol–water partition coefficient (Wildman–Crippen LogP) is 4.29. The van der Waals surface area contributed by atoms with Crippen LogP contribution >= 0.6 is 23.4 Å². The second-order valence-corrected chi connectivity index (χ2v) is 8.83. The first-order chi connectivity index (χ1) is 11.6. The number of likely N-dealkylation sites (tertiary alicyclic amines) is 1. The standard InChI is InChI=1S/C18H24ClNO4S/c1-11-6-7-15(13(19)8-11)25-12-9-14(16(21)23-5)20(10-12)17(22)24-18(2,3)4/h6-8,12,14H,9-10H2,1-5H3/t12-,14+/m1/s1. The molecule has 2 atom stereocenters. The molecule has 7 heteroatoms. The topological polar surface area (TPSA) is 55.8 Å². The molecule has 5 nitrogen and oxygen atoms in total. The Morgan fingerprint density at radius 3 is 2.56 bits per heavy atom. The number of hydrogen-bond acceptors (Lipinski definition) is 5. The van der Waals surface area contributed by atoms with Gasteiger partial charge in [0.25, 0.3) is 0 Å². The molecular weight excluding hydrogens is 362 g/mol. The van der Waals surface area contributed by atoms with Crippen LogP contribution < -0.4 is 0 Å². The predicted molar refractivity (Wildman–Crippen MR) is 99.2 cm³/mol. The Kier molecular flexibility index (Phi) is 6.27. The smallest absolute Gasteiger partial charge is 0.411 e. The van der Waals surface area contributed by atoms with Gasteiger partial charge in [0.05, 0.1) is 12.1 Å². The summed E-state index contributed by atoms with van der Waals surface area (Å²) in [6, 6.07) is 5.22. The highest BCUT2D eigenvalue weighted by molar-refractivity contribution is 8.00. The Labute approximate surface area is 158 Å². The van der Waals surface area contributed by atoms with E-state index >= 15 is 0 Å². The van der Waals surface area contributed by atoms with Gasteiger partial charge >= 0.3 is 12.1 Å². The van der Waals surface area contributed by atoms with Crippen LogP contribution in [0.25, 0.3) is 0 Å². The van der Waals surface area contributed by atoms with Crippen LogP contribution in [0.5, 0.6) is 0 Å². The minimum atomic E-state index is -0.637. The molecule has 1 amide bonds. The summed E-state index contributed by atoms with van der Waals surface area (Å²) in [5, 5.41) is 0.715. The molecule has 0 unspecified atom stereocenters. The van der Waals surface area contributed by atoms with Crippen LogP contribution in [0, 0.1) is 6.92 Å². The number of methoxy groups -OCH3 is 1. The lowest BCUT2D eigenvalue weighted by molar-refractivity contribution is -0.145. The molecule has 1 heterocycles. The summed E-state index contributed by atoms with van der Waals surface area (Å²) in [5.41, 5.74) is 0.465. The fraction of sp³-hybridized carbons (Fsp3) is 0.556. The van der Waals surface area contributed by atoms with E-state index in [1.807, 2.05) is 25.1 Å². The number of aryl methyl sites for hydroxylation is 1. The summed E-state index contributed by atoms with van der Waals surface area (Å²) in [7, 11) is 1.33. The summed E-state index contributed by atoms with van der Waals surface area (Å²) < 4.78 is 10.3. The van der Waals surface area contributed by atoms with Crippen LogP contribution in [0.4, 0.5) is 4.79 Å². The number of ether oxygens (including phenoxy) is 2. The van der Waals surface area contributed by atoms with Gasteiger partial charge in [0.2, 0.25) is 0 Å². The Hall–Kier alpha value is -1.40. The number of nitrogens with zero attached hydrogens (tertiary/aromatic N) is 1. The quantitative estimate of drug-likeness (QED) is 0.726. The van der Waals surface area contributed by atoms with Crippen LogP contribution in [-0.4, -0.2) is 47.5 Å². The Morgan fingerprint density at radius 2 is 2.00 bits per heavy atom. The molecule has 1 aromatic carbocycles. The molecule has 0 aromatic heterocycles. The van der Waals surface area contributed by atoms with Gasteiger partial charge in [-0.05, 0) is 51.8 Å². The molecule has 0 bridgehead atoms. The average molecular weight is 386 g/mol. The molecule has 0 spiro atoms. The maximum Gasteiger partial charge on any atom is 0.411 e. The van der Waals surface area contributed by atoms with E-state index < -0.39 is 23.7 Å². The summed E-state index contributed by atoms with van der Waals surface area (Å²) in [5.74, 6) is -0.427. The van der Waals surface area contributed by atoms with E-state index in [4.69, 9.17) is 21.1 Å². The number of halogens is 1. The van der Waals surface area contributed by atoms with Gasteiger partial charge < -0.3 is 9.47 Å². The third kappa shape index (κ3) is 5.28. The van der Waals surface area contributed by atoms with Crippen LogP contribution in [0.3, 0.4) is 0 Å².